The quantitative estimate of drug-likeness (QED) is 0.652. The number of methoxy groups -OCH3 is 1. The highest BCUT2D eigenvalue weighted by Crippen LogP contribution is 2.33. The maximum atomic E-state index is 12.9. The number of benzene rings is 1. The van der Waals surface area contributed by atoms with Gasteiger partial charge >= 0.3 is 5.97 Å². The minimum Gasteiger partial charge on any atom is -0.465 e. The molecule has 0 fully saturated rings. The van der Waals surface area contributed by atoms with Crippen molar-refractivity contribution in [2.45, 2.75) is 38.6 Å². The SMILES string of the molecule is COC(=O)c1cccc(NC(=O)CCn2cnc3sc4c(c3c2=O)CCCC4)c1. The molecule has 29 heavy (non-hydrogen) atoms. The smallest absolute Gasteiger partial charge is 0.337 e. The molecule has 0 saturated heterocycles. The molecule has 4 rings (SSSR count). The Kier molecular flexibility index (Phi) is 5.44. The number of carbonyl (C=O) groups is 2. The number of rotatable bonds is 5. The highest BCUT2D eigenvalue weighted by atomic mass is 32.1. The van der Waals surface area contributed by atoms with E-state index in [0.29, 0.717) is 11.3 Å². The van der Waals surface area contributed by atoms with Crippen molar-refractivity contribution in [1.29, 1.82) is 0 Å². The summed E-state index contributed by atoms with van der Waals surface area (Å²) in [5.74, 6) is -0.711. The lowest BCUT2D eigenvalue weighted by atomic mass is 9.97. The summed E-state index contributed by atoms with van der Waals surface area (Å²) in [6.45, 7) is 0.245. The van der Waals surface area contributed by atoms with Crippen LogP contribution in [0.3, 0.4) is 0 Å². The fourth-order valence-corrected chi connectivity index (χ4v) is 4.85. The Morgan fingerprint density at radius 1 is 1.28 bits per heavy atom. The lowest BCUT2D eigenvalue weighted by Crippen LogP contribution is -2.24. The van der Waals surface area contributed by atoms with Crippen LogP contribution in [0.15, 0.2) is 35.4 Å². The average molecular weight is 411 g/mol. The fourth-order valence-electron chi connectivity index (χ4n) is 3.63. The van der Waals surface area contributed by atoms with E-state index in [1.54, 1.807) is 35.6 Å². The van der Waals surface area contributed by atoms with Gasteiger partial charge in [0.25, 0.3) is 5.56 Å². The second-order valence-electron chi connectivity index (χ2n) is 7.00. The van der Waals surface area contributed by atoms with Gasteiger partial charge in [-0.25, -0.2) is 9.78 Å². The molecule has 0 atom stereocenters. The molecule has 2 heterocycles. The minimum atomic E-state index is -0.467. The largest absolute Gasteiger partial charge is 0.465 e. The number of thiophene rings is 1. The van der Waals surface area contributed by atoms with Crippen LogP contribution in [0.25, 0.3) is 10.2 Å². The second kappa shape index (κ2) is 8.16. The molecule has 1 amide bonds. The van der Waals surface area contributed by atoms with Gasteiger partial charge in [0.15, 0.2) is 0 Å². The number of hydrogen-bond donors (Lipinski definition) is 1. The van der Waals surface area contributed by atoms with Crippen LogP contribution in [0, 0.1) is 0 Å². The topological polar surface area (TPSA) is 90.3 Å². The first-order valence-electron chi connectivity index (χ1n) is 9.54. The van der Waals surface area contributed by atoms with Crippen LogP contribution in [-0.4, -0.2) is 28.5 Å². The second-order valence-corrected chi connectivity index (χ2v) is 8.09. The Labute approximate surface area is 171 Å². The summed E-state index contributed by atoms with van der Waals surface area (Å²) >= 11 is 1.61. The van der Waals surface area contributed by atoms with Crippen molar-refractivity contribution in [1.82, 2.24) is 9.55 Å². The van der Waals surface area contributed by atoms with Crippen molar-refractivity contribution in [2.75, 3.05) is 12.4 Å². The highest BCUT2D eigenvalue weighted by Gasteiger charge is 2.20. The monoisotopic (exact) mass is 411 g/mol. The minimum absolute atomic E-state index is 0.0742. The number of amides is 1. The van der Waals surface area contributed by atoms with E-state index in [1.807, 2.05) is 0 Å². The predicted octanol–water partition coefficient (Wildman–Crippen LogP) is 3.15. The number of hydrogen-bond acceptors (Lipinski definition) is 6. The summed E-state index contributed by atoms with van der Waals surface area (Å²) in [6.07, 6.45) is 5.85. The van der Waals surface area contributed by atoms with Crippen molar-refractivity contribution in [3.05, 3.63) is 57.0 Å². The summed E-state index contributed by atoms with van der Waals surface area (Å²) in [7, 11) is 1.31. The van der Waals surface area contributed by atoms with Crippen molar-refractivity contribution < 1.29 is 14.3 Å². The van der Waals surface area contributed by atoms with Crippen molar-refractivity contribution in [2.24, 2.45) is 0 Å². The average Bonchev–Trinajstić information content (AvgIpc) is 3.12. The molecule has 8 heteroatoms. The number of nitrogens with zero attached hydrogens (tertiary/aromatic N) is 2. The molecule has 1 aliphatic carbocycles. The number of ether oxygens (including phenoxy) is 1. The Morgan fingerprint density at radius 3 is 2.93 bits per heavy atom. The van der Waals surface area contributed by atoms with Crippen LogP contribution < -0.4 is 10.9 Å². The lowest BCUT2D eigenvalue weighted by molar-refractivity contribution is -0.116. The summed E-state index contributed by atoms with van der Waals surface area (Å²) in [5, 5.41) is 3.47. The molecular weight excluding hydrogens is 390 g/mol. The Bertz CT molecular complexity index is 1150. The van der Waals surface area contributed by atoms with Gasteiger partial charge in [0.2, 0.25) is 5.91 Å². The first-order chi connectivity index (χ1) is 14.1. The summed E-state index contributed by atoms with van der Waals surface area (Å²) in [6, 6.07) is 6.54. The molecule has 3 aromatic rings. The molecule has 0 unspecified atom stereocenters. The van der Waals surface area contributed by atoms with Crippen LogP contribution in [0.1, 0.15) is 40.1 Å². The van der Waals surface area contributed by atoms with Gasteiger partial charge in [-0.3, -0.25) is 14.2 Å². The number of carbonyl (C=O) groups excluding carboxylic acids is 2. The van der Waals surface area contributed by atoms with Gasteiger partial charge in [0, 0.05) is 23.5 Å². The van der Waals surface area contributed by atoms with E-state index in [2.05, 4.69) is 15.0 Å². The van der Waals surface area contributed by atoms with E-state index in [4.69, 9.17) is 0 Å². The number of aromatic nitrogens is 2. The van der Waals surface area contributed by atoms with Crippen molar-refractivity contribution in [3.8, 4) is 0 Å². The zero-order valence-corrected chi connectivity index (χ0v) is 16.9. The van der Waals surface area contributed by atoms with Gasteiger partial charge in [-0.1, -0.05) is 6.07 Å². The number of aryl methyl sites for hydroxylation is 3. The Hall–Kier alpha value is -3.00. The summed E-state index contributed by atoms with van der Waals surface area (Å²) in [4.78, 5) is 43.4. The molecule has 0 spiro atoms. The van der Waals surface area contributed by atoms with Gasteiger partial charge in [-0.15, -0.1) is 11.3 Å². The van der Waals surface area contributed by atoms with Gasteiger partial charge in [-0.05, 0) is 49.4 Å². The summed E-state index contributed by atoms with van der Waals surface area (Å²) in [5.41, 5.74) is 1.94. The molecule has 7 nitrogen and oxygen atoms in total. The number of nitrogens with one attached hydrogen (secondary N) is 1. The van der Waals surface area contributed by atoms with E-state index >= 15 is 0 Å². The van der Waals surface area contributed by atoms with E-state index in [1.165, 1.54) is 22.9 Å². The van der Waals surface area contributed by atoms with Gasteiger partial charge < -0.3 is 10.1 Å². The fraction of sp³-hybridized carbons (Fsp3) is 0.333. The van der Waals surface area contributed by atoms with Gasteiger partial charge in [-0.2, -0.15) is 0 Å². The first-order valence-corrected chi connectivity index (χ1v) is 10.4. The highest BCUT2D eigenvalue weighted by molar-refractivity contribution is 7.18. The first kappa shape index (κ1) is 19.3. The third-order valence-corrected chi connectivity index (χ3v) is 6.29. The van der Waals surface area contributed by atoms with Crippen LogP contribution in [-0.2, 0) is 28.9 Å². The van der Waals surface area contributed by atoms with Crippen LogP contribution in [0.5, 0.6) is 0 Å². The van der Waals surface area contributed by atoms with Crippen molar-refractivity contribution in [3.63, 3.8) is 0 Å². The normalized spacial score (nSPS) is 13.1. The van der Waals surface area contributed by atoms with Crippen LogP contribution in [0.4, 0.5) is 5.69 Å². The zero-order valence-electron chi connectivity index (χ0n) is 16.1. The zero-order chi connectivity index (χ0) is 20.4. The van der Waals surface area contributed by atoms with Crippen LogP contribution in [0.2, 0.25) is 0 Å². The molecule has 1 aromatic carbocycles. The number of esters is 1. The molecule has 2 aromatic heterocycles. The summed E-state index contributed by atoms with van der Waals surface area (Å²) < 4.78 is 6.20. The number of anilines is 1. The maximum Gasteiger partial charge on any atom is 0.337 e. The molecule has 1 aliphatic rings. The van der Waals surface area contributed by atoms with E-state index < -0.39 is 5.97 Å². The lowest BCUT2D eigenvalue weighted by Gasteiger charge is -2.10. The van der Waals surface area contributed by atoms with E-state index in [0.717, 1.165) is 41.5 Å². The van der Waals surface area contributed by atoms with Gasteiger partial charge in [0.1, 0.15) is 4.83 Å². The maximum absolute atomic E-state index is 12.9. The Morgan fingerprint density at radius 2 is 2.10 bits per heavy atom. The predicted molar refractivity (Wildman–Crippen MR) is 112 cm³/mol. The Balaban J connectivity index is 1.47. The molecule has 1 N–H and O–H groups in total. The third-order valence-electron chi connectivity index (χ3n) is 5.09. The number of fused-ring (bicyclic) bond motifs is 3. The van der Waals surface area contributed by atoms with E-state index in [9.17, 15) is 14.4 Å². The van der Waals surface area contributed by atoms with Gasteiger partial charge in [0.05, 0.1) is 24.4 Å². The van der Waals surface area contributed by atoms with E-state index in [-0.39, 0.29) is 24.4 Å². The van der Waals surface area contributed by atoms with Crippen molar-refractivity contribution >= 4 is 39.1 Å². The van der Waals surface area contributed by atoms with Crippen LogP contribution >= 0.6 is 11.3 Å². The molecule has 0 bridgehead atoms. The molecule has 150 valence electrons. The molecule has 0 saturated carbocycles. The molecular formula is C21H21N3O4S. The molecule has 0 radical (unpaired) electrons. The standard InChI is InChI=1S/C21H21N3O4S/c1-28-21(27)13-5-4-6-14(11-13)23-17(25)9-10-24-12-22-19-18(20(24)26)15-7-2-3-8-16(15)29-19/h4-6,11-12H,2-3,7-10H2,1H3,(H,23,25). The molecule has 0 aliphatic heterocycles. The third kappa shape index (κ3) is 3.93.